The van der Waals surface area contributed by atoms with Crippen LogP contribution in [0, 0.1) is 6.92 Å². The number of H-pyrrole nitrogens is 1. The lowest BCUT2D eigenvalue weighted by atomic mass is 9.97. The molecule has 0 atom stereocenters. The Bertz CT molecular complexity index is 774. The molecule has 0 unspecified atom stereocenters. The number of aromatic amines is 1. The van der Waals surface area contributed by atoms with Gasteiger partial charge in [0.2, 0.25) is 0 Å². The maximum Gasteiger partial charge on any atom is 0.193 e. The van der Waals surface area contributed by atoms with E-state index in [0.717, 1.165) is 16.5 Å². The lowest BCUT2D eigenvalue weighted by Gasteiger charge is -2.06. The molecule has 0 aliphatic heterocycles. The van der Waals surface area contributed by atoms with Crippen LogP contribution < -0.4 is 5.73 Å². The third kappa shape index (κ3) is 1.97. The van der Waals surface area contributed by atoms with Crippen LogP contribution in [0.3, 0.4) is 0 Å². The zero-order chi connectivity index (χ0) is 13.4. The lowest BCUT2D eigenvalue weighted by Crippen LogP contribution is -2.04. The summed E-state index contributed by atoms with van der Waals surface area (Å²) < 4.78 is 0. The third-order valence-corrected chi connectivity index (χ3v) is 3.18. The quantitative estimate of drug-likeness (QED) is 0.543. The second-order valence-electron chi connectivity index (χ2n) is 4.58. The van der Waals surface area contributed by atoms with Gasteiger partial charge < -0.3 is 5.73 Å². The number of anilines is 1. The van der Waals surface area contributed by atoms with E-state index in [4.69, 9.17) is 5.73 Å². The molecule has 1 heterocycles. The number of nitrogens with two attached hydrogens (primary N) is 1. The molecular weight excluding hydrogens is 238 g/mol. The van der Waals surface area contributed by atoms with Crippen LogP contribution in [-0.4, -0.2) is 16.0 Å². The number of aryl methyl sites for hydroxylation is 1. The van der Waals surface area contributed by atoms with Crippen molar-refractivity contribution in [2.45, 2.75) is 6.92 Å². The number of nitrogens with zero attached hydrogens (tertiary/aromatic N) is 1. The number of hydrogen-bond donors (Lipinski definition) is 2. The molecule has 3 N–H and O–H groups in total. The number of rotatable bonds is 2. The fourth-order valence-corrected chi connectivity index (χ4v) is 2.18. The number of fused-ring (bicyclic) bond motifs is 1. The van der Waals surface area contributed by atoms with Crippen molar-refractivity contribution in [1.82, 2.24) is 10.2 Å². The van der Waals surface area contributed by atoms with Gasteiger partial charge in [-0.1, -0.05) is 12.1 Å². The number of aromatic nitrogens is 2. The topological polar surface area (TPSA) is 71.8 Å². The van der Waals surface area contributed by atoms with Gasteiger partial charge in [-0.25, -0.2) is 0 Å². The van der Waals surface area contributed by atoms with E-state index in [0.29, 0.717) is 16.8 Å². The lowest BCUT2D eigenvalue weighted by molar-refractivity contribution is 0.103. The maximum atomic E-state index is 12.5. The van der Waals surface area contributed by atoms with E-state index in [-0.39, 0.29) is 5.78 Å². The number of carbonyl (C=O) groups is 1. The Morgan fingerprint density at radius 2 is 2.11 bits per heavy atom. The van der Waals surface area contributed by atoms with Gasteiger partial charge in [-0.2, -0.15) is 5.10 Å². The summed E-state index contributed by atoms with van der Waals surface area (Å²) in [6.45, 7) is 1.92. The number of hydrogen-bond acceptors (Lipinski definition) is 3. The Morgan fingerprint density at radius 3 is 2.89 bits per heavy atom. The third-order valence-electron chi connectivity index (χ3n) is 3.18. The van der Waals surface area contributed by atoms with Crippen LogP contribution in [0.2, 0.25) is 0 Å². The average molecular weight is 251 g/mol. The zero-order valence-electron chi connectivity index (χ0n) is 10.5. The highest BCUT2D eigenvalue weighted by Crippen LogP contribution is 2.21. The minimum Gasteiger partial charge on any atom is -0.399 e. The normalized spacial score (nSPS) is 10.8. The van der Waals surface area contributed by atoms with Crippen molar-refractivity contribution in [3.8, 4) is 0 Å². The second kappa shape index (κ2) is 4.24. The van der Waals surface area contributed by atoms with Gasteiger partial charge in [0.15, 0.2) is 5.78 Å². The van der Waals surface area contributed by atoms with Crippen LogP contribution >= 0.6 is 0 Å². The molecule has 0 bridgehead atoms. The van der Waals surface area contributed by atoms with E-state index in [9.17, 15) is 4.79 Å². The fraction of sp³-hybridized carbons (Fsp3) is 0.0667. The first kappa shape index (κ1) is 11.5. The summed E-state index contributed by atoms with van der Waals surface area (Å²) in [5, 5.41) is 7.80. The van der Waals surface area contributed by atoms with E-state index >= 15 is 0 Å². The predicted octanol–water partition coefficient (Wildman–Crippen LogP) is 2.68. The van der Waals surface area contributed by atoms with Gasteiger partial charge in [-0.15, -0.1) is 0 Å². The highest BCUT2D eigenvalue weighted by molar-refractivity contribution is 6.11. The van der Waals surface area contributed by atoms with Gasteiger partial charge in [0.25, 0.3) is 0 Å². The molecule has 0 aliphatic carbocycles. The Labute approximate surface area is 110 Å². The molecule has 94 valence electrons. The van der Waals surface area contributed by atoms with Crippen molar-refractivity contribution in [3.05, 3.63) is 59.3 Å². The largest absolute Gasteiger partial charge is 0.399 e. The Balaban J connectivity index is 2.13. The van der Waals surface area contributed by atoms with E-state index < -0.39 is 0 Å². The SMILES string of the molecule is Cc1cc2[nH]ncc2cc1C(=O)c1cccc(N)c1. The molecule has 3 rings (SSSR count). The van der Waals surface area contributed by atoms with Crippen molar-refractivity contribution in [2.24, 2.45) is 0 Å². The molecule has 0 spiro atoms. The molecule has 0 saturated heterocycles. The predicted molar refractivity (Wildman–Crippen MR) is 75.1 cm³/mol. The number of ketones is 1. The first-order valence-corrected chi connectivity index (χ1v) is 5.99. The summed E-state index contributed by atoms with van der Waals surface area (Å²) in [7, 11) is 0. The van der Waals surface area contributed by atoms with Crippen molar-refractivity contribution < 1.29 is 4.79 Å². The van der Waals surface area contributed by atoms with Crippen molar-refractivity contribution in [3.63, 3.8) is 0 Å². The van der Waals surface area contributed by atoms with Crippen molar-refractivity contribution in [1.29, 1.82) is 0 Å². The van der Waals surface area contributed by atoms with Gasteiger partial charge in [0.1, 0.15) is 0 Å². The Hall–Kier alpha value is -2.62. The fourth-order valence-electron chi connectivity index (χ4n) is 2.18. The van der Waals surface area contributed by atoms with Gasteiger partial charge in [0, 0.05) is 22.2 Å². The average Bonchev–Trinajstić information content (AvgIpc) is 2.84. The summed E-state index contributed by atoms with van der Waals surface area (Å²) in [6.07, 6.45) is 1.71. The zero-order valence-corrected chi connectivity index (χ0v) is 10.5. The highest BCUT2D eigenvalue weighted by atomic mass is 16.1. The number of carbonyl (C=O) groups excluding carboxylic acids is 1. The molecular formula is C15H13N3O. The number of nitrogen functional groups attached to an aromatic ring is 1. The Kier molecular flexibility index (Phi) is 2.56. The van der Waals surface area contributed by atoms with E-state index in [1.54, 1.807) is 30.5 Å². The molecule has 1 aromatic heterocycles. The van der Waals surface area contributed by atoms with Gasteiger partial charge >= 0.3 is 0 Å². The number of nitrogens with one attached hydrogen (secondary N) is 1. The van der Waals surface area contributed by atoms with Gasteiger partial charge in [-0.05, 0) is 36.8 Å². The minimum atomic E-state index is -0.0205. The first-order chi connectivity index (χ1) is 9.15. The summed E-state index contributed by atoms with van der Waals surface area (Å²) in [5.41, 5.74) is 9.45. The molecule has 4 nitrogen and oxygen atoms in total. The van der Waals surface area contributed by atoms with E-state index in [2.05, 4.69) is 10.2 Å². The van der Waals surface area contributed by atoms with Crippen LogP contribution in [0.1, 0.15) is 21.5 Å². The van der Waals surface area contributed by atoms with Crippen molar-refractivity contribution in [2.75, 3.05) is 5.73 Å². The highest BCUT2D eigenvalue weighted by Gasteiger charge is 2.13. The van der Waals surface area contributed by atoms with Crippen LogP contribution in [0.4, 0.5) is 5.69 Å². The second-order valence-corrected chi connectivity index (χ2v) is 4.58. The van der Waals surface area contributed by atoms with Crippen LogP contribution in [0.25, 0.3) is 10.9 Å². The molecule has 4 heteroatoms. The van der Waals surface area contributed by atoms with Gasteiger partial charge in [-0.3, -0.25) is 9.89 Å². The molecule has 0 radical (unpaired) electrons. The Morgan fingerprint density at radius 1 is 1.26 bits per heavy atom. The summed E-state index contributed by atoms with van der Waals surface area (Å²) in [6, 6.07) is 10.8. The van der Waals surface area contributed by atoms with Crippen LogP contribution in [0.15, 0.2) is 42.6 Å². The summed E-state index contributed by atoms with van der Waals surface area (Å²) in [5.74, 6) is -0.0205. The van der Waals surface area contributed by atoms with E-state index in [1.165, 1.54) is 0 Å². The van der Waals surface area contributed by atoms with Crippen LogP contribution in [-0.2, 0) is 0 Å². The molecule has 0 fully saturated rings. The first-order valence-electron chi connectivity index (χ1n) is 5.99. The maximum absolute atomic E-state index is 12.5. The molecule has 2 aromatic carbocycles. The molecule has 0 amide bonds. The molecule has 0 aliphatic rings. The van der Waals surface area contributed by atoms with E-state index in [1.807, 2.05) is 19.1 Å². The molecule has 19 heavy (non-hydrogen) atoms. The van der Waals surface area contributed by atoms with Crippen molar-refractivity contribution >= 4 is 22.4 Å². The standard InChI is InChI=1S/C15H13N3O/c1-9-5-14-11(8-17-18-14)7-13(9)15(19)10-3-2-4-12(16)6-10/h2-8H,16H2,1H3,(H,17,18). The molecule has 3 aromatic rings. The molecule has 0 saturated carbocycles. The summed E-state index contributed by atoms with van der Waals surface area (Å²) in [4.78, 5) is 12.5. The smallest absolute Gasteiger partial charge is 0.193 e. The number of benzene rings is 2. The minimum absolute atomic E-state index is 0.0205. The van der Waals surface area contributed by atoms with Gasteiger partial charge in [0.05, 0.1) is 11.7 Å². The summed E-state index contributed by atoms with van der Waals surface area (Å²) >= 11 is 0. The monoisotopic (exact) mass is 251 g/mol. The van der Waals surface area contributed by atoms with Crippen LogP contribution in [0.5, 0.6) is 0 Å².